The van der Waals surface area contributed by atoms with E-state index in [-0.39, 0.29) is 5.95 Å². The van der Waals surface area contributed by atoms with Crippen molar-refractivity contribution in [3.05, 3.63) is 29.8 Å². The molecule has 4 N–H and O–H groups in total. The van der Waals surface area contributed by atoms with Crippen LogP contribution in [0.2, 0.25) is 0 Å². The lowest BCUT2D eigenvalue weighted by atomic mass is 10.2. The Morgan fingerprint density at radius 1 is 1.20 bits per heavy atom. The zero-order chi connectivity index (χ0) is 14.5. The molecule has 0 saturated carbocycles. The predicted octanol–water partition coefficient (Wildman–Crippen LogP) is 2.55. The number of nitrogen functional groups attached to an aromatic ring is 1. The molecule has 0 saturated heterocycles. The number of methoxy groups -OCH3 is 1. The number of anilines is 4. The number of aryl methyl sites for hydroxylation is 1. The van der Waals surface area contributed by atoms with Crippen molar-refractivity contribution < 1.29 is 4.74 Å². The predicted molar refractivity (Wildman–Crippen MR) is 81.6 cm³/mol. The van der Waals surface area contributed by atoms with E-state index in [1.54, 1.807) is 7.11 Å². The Bertz CT molecular complexity index is 600. The molecule has 2 rings (SSSR count). The summed E-state index contributed by atoms with van der Waals surface area (Å²) in [5, 5.41) is 6.32. The third-order valence-electron chi connectivity index (χ3n) is 2.72. The van der Waals surface area contributed by atoms with Gasteiger partial charge in [-0.25, -0.2) is 0 Å². The van der Waals surface area contributed by atoms with E-state index in [1.807, 2.05) is 38.1 Å². The minimum absolute atomic E-state index is 0.220. The molecule has 0 spiro atoms. The average molecular weight is 273 g/mol. The van der Waals surface area contributed by atoms with E-state index in [9.17, 15) is 0 Å². The van der Waals surface area contributed by atoms with Gasteiger partial charge < -0.3 is 21.1 Å². The minimum Gasteiger partial charge on any atom is -0.495 e. The summed E-state index contributed by atoms with van der Waals surface area (Å²) in [7, 11) is 1.63. The highest BCUT2D eigenvalue weighted by molar-refractivity contribution is 5.67. The number of nitrogens with zero attached hydrogens (tertiary/aromatic N) is 2. The molecule has 106 valence electrons. The zero-order valence-corrected chi connectivity index (χ0v) is 11.9. The summed E-state index contributed by atoms with van der Waals surface area (Å²) in [4.78, 5) is 8.29. The van der Waals surface area contributed by atoms with Crippen LogP contribution in [0.15, 0.2) is 24.3 Å². The van der Waals surface area contributed by atoms with Crippen LogP contribution >= 0.6 is 0 Å². The van der Waals surface area contributed by atoms with Gasteiger partial charge in [-0.2, -0.15) is 9.97 Å². The summed E-state index contributed by atoms with van der Waals surface area (Å²) in [6, 6.07) is 7.70. The number of aromatic nitrogens is 2. The zero-order valence-electron chi connectivity index (χ0n) is 11.9. The molecular formula is C14H19N5O. The van der Waals surface area contributed by atoms with E-state index in [0.717, 1.165) is 23.5 Å². The summed E-state index contributed by atoms with van der Waals surface area (Å²) < 4.78 is 5.33. The van der Waals surface area contributed by atoms with Crippen molar-refractivity contribution in [3.63, 3.8) is 0 Å². The van der Waals surface area contributed by atoms with Gasteiger partial charge in [-0.1, -0.05) is 6.07 Å². The van der Waals surface area contributed by atoms with E-state index >= 15 is 0 Å². The Kier molecular flexibility index (Phi) is 4.24. The van der Waals surface area contributed by atoms with Gasteiger partial charge in [-0.3, -0.25) is 0 Å². The van der Waals surface area contributed by atoms with Gasteiger partial charge in [0.25, 0.3) is 0 Å². The molecule has 20 heavy (non-hydrogen) atoms. The first-order valence-electron chi connectivity index (χ1n) is 6.42. The van der Waals surface area contributed by atoms with Gasteiger partial charge in [-0.15, -0.1) is 0 Å². The number of ether oxygens (including phenoxy) is 1. The van der Waals surface area contributed by atoms with Crippen LogP contribution in [0.5, 0.6) is 5.75 Å². The molecule has 1 aromatic carbocycles. The van der Waals surface area contributed by atoms with E-state index in [2.05, 4.69) is 20.6 Å². The molecule has 1 aromatic heterocycles. The van der Waals surface area contributed by atoms with Crippen LogP contribution in [0.4, 0.5) is 23.3 Å². The van der Waals surface area contributed by atoms with Crippen molar-refractivity contribution in [2.24, 2.45) is 0 Å². The van der Waals surface area contributed by atoms with E-state index in [0.29, 0.717) is 11.6 Å². The standard InChI is InChI=1S/C14H19N5O/c1-4-16-12-8-13(19-14(15)18-12)17-10-7-9(2)5-6-11(10)20-3/h5-8H,4H2,1-3H3,(H4,15,16,17,18,19). The van der Waals surface area contributed by atoms with Gasteiger partial charge in [0.2, 0.25) is 5.95 Å². The quantitative estimate of drug-likeness (QED) is 0.776. The molecule has 0 amide bonds. The molecule has 0 atom stereocenters. The molecule has 1 heterocycles. The van der Waals surface area contributed by atoms with Crippen molar-refractivity contribution >= 4 is 23.3 Å². The van der Waals surface area contributed by atoms with Gasteiger partial charge in [0, 0.05) is 12.6 Å². The fourth-order valence-corrected chi connectivity index (χ4v) is 1.86. The summed E-state index contributed by atoms with van der Waals surface area (Å²) >= 11 is 0. The molecule has 0 unspecified atom stereocenters. The largest absolute Gasteiger partial charge is 0.495 e. The van der Waals surface area contributed by atoms with Gasteiger partial charge in [0.15, 0.2) is 0 Å². The first-order chi connectivity index (χ1) is 9.62. The van der Waals surface area contributed by atoms with Crippen LogP contribution in [-0.4, -0.2) is 23.6 Å². The maximum atomic E-state index is 5.71. The normalized spacial score (nSPS) is 10.2. The van der Waals surface area contributed by atoms with E-state index in [1.165, 1.54) is 0 Å². The SMILES string of the molecule is CCNc1cc(Nc2cc(C)ccc2OC)nc(N)n1. The van der Waals surface area contributed by atoms with Crippen LogP contribution < -0.4 is 21.1 Å². The smallest absolute Gasteiger partial charge is 0.223 e. The van der Waals surface area contributed by atoms with Crippen LogP contribution in [0.3, 0.4) is 0 Å². The first-order valence-corrected chi connectivity index (χ1v) is 6.42. The number of nitrogens with one attached hydrogen (secondary N) is 2. The fraction of sp³-hybridized carbons (Fsp3) is 0.286. The van der Waals surface area contributed by atoms with Crippen molar-refractivity contribution in [2.75, 3.05) is 30.0 Å². The van der Waals surface area contributed by atoms with Gasteiger partial charge >= 0.3 is 0 Å². The van der Waals surface area contributed by atoms with Gasteiger partial charge in [0.05, 0.1) is 12.8 Å². The lowest BCUT2D eigenvalue weighted by Crippen LogP contribution is -2.06. The van der Waals surface area contributed by atoms with Crippen LogP contribution in [0, 0.1) is 6.92 Å². The molecule has 2 aromatic rings. The molecule has 0 aliphatic rings. The van der Waals surface area contributed by atoms with Crippen LogP contribution in [0.1, 0.15) is 12.5 Å². The second-order valence-electron chi connectivity index (χ2n) is 4.36. The second kappa shape index (κ2) is 6.10. The average Bonchev–Trinajstić information content (AvgIpc) is 2.38. The van der Waals surface area contributed by atoms with E-state index in [4.69, 9.17) is 10.5 Å². The maximum absolute atomic E-state index is 5.71. The third kappa shape index (κ3) is 3.28. The third-order valence-corrected chi connectivity index (χ3v) is 2.72. The Morgan fingerprint density at radius 2 is 1.95 bits per heavy atom. The number of nitrogens with two attached hydrogens (primary N) is 1. The highest BCUT2D eigenvalue weighted by Crippen LogP contribution is 2.28. The lowest BCUT2D eigenvalue weighted by Gasteiger charge is -2.12. The molecule has 0 bridgehead atoms. The Balaban J connectivity index is 2.31. The Hall–Kier alpha value is -2.50. The monoisotopic (exact) mass is 273 g/mol. The highest BCUT2D eigenvalue weighted by Gasteiger charge is 2.06. The Morgan fingerprint density at radius 3 is 2.65 bits per heavy atom. The summed E-state index contributed by atoms with van der Waals surface area (Å²) in [6.07, 6.45) is 0. The summed E-state index contributed by atoms with van der Waals surface area (Å²) in [6.45, 7) is 4.78. The summed E-state index contributed by atoms with van der Waals surface area (Å²) in [5.74, 6) is 2.28. The Labute approximate surface area is 118 Å². The number of benzene rings is 1. The van der Waals surface area contributed by atoms with Crippen molar-refractivity contribution in [3.8, 4) is 5.75 Å². The van der Waals surface area contributed by atoms with Gasteiger partial charge in [0.1, 0.15) is 17.4 Å². The molecule has 0 radical (unpaired) electrons. The molecule has 6 heteroatoms. The van der Waals surface area contributed by atoms with Crippen molar-refractivity contribution in [1.82, 2.24) is 9.97 Å². The van der Waals surface area contributed by atoms with Crippen molar-refractivity contribution in [2.45, 2.75) is 13.8 Å². The van der Waals surface area contributed by atoms with Crippen LogP contribution in [-0.2, 0) is 0 Å². The molecule has 6 nitrogen and oxygen atoms in total. The molecule has 0 aliphatic heterocycles. The number of hydrogen-bond acceptors (Lipinski definition) is 6. The number of hydrogen-bond donors (Lipinski definition) is 3. The van der Waals surface area contributed by atoms with E-state index < -0.39 is 0 Å². The first kappa shape index (κ1) is 13.9. The lowest BCUT2D eigenvalue weighted by molar-refractivity contribution is 0.416. The topological polar surface area (TPSA) is 85.1 Å². The van der Waals surface area contributed by atoms with Crippen LogP contribution in [0.25, 0.3) is 0 Å². The maximum Gasteiger partial charge on any atom is 0.223 e. The molecule has 0 aliphatic carbocycles. The summed E-state index contributed by atoms with van der Waals surface area (Å²) in [5.41, 5.74) is 7.68. The fourth-order valence-electron chi connectivity index (χ4n) is 1.86. The minimum atomic E-state index is 0.220. The van der Waals surface area contributed by atoms with Crippen molar-refractivity contribution in [1.29, 1.82) is 0 Å². The second-order valence-corrected chi connectivity index (χ2v) is 4.36. The number of rotatable bonds is 5. The van der Waals surface area contributed by atoms with Gasteiger partial charge in [-0.05, 0) is 31.5 Å². The molecule has 0 fully saturated rings. The molecular weight excluding hydrogens is 254 g/mol. The highest BCUT2D eigenvalue weighted by atomic mass is 16.5.